The van der Waals surface area contributed by atoms with E-state index in [4.69, 9.17) is 0 Å². The van der Waals surface area contributed by atoms with E-state index >= 15 is 0 Å². The Morgan fingerprint density at radius 2 is 1.82 bits per heavy atom. The summed E-state index contributed by atoms with van der Waals surface area (Å²) in [6.45, 7) is 0. The summed E-state index contributed by atoms with van der Waals surface area (Å²) in [4.78, 5) is 10.3. The fraction of sp³-hybridized carbons (Fsp3) is 0. The number of halogens is 1. The number of nitrogens with zero attached hydrogens (tertiary/aromatic N) is 1. The number of H-pyrrole nitrogens is 1. The van der Waals surface area contributed by atoms with Crippen molar-refractivity contribution in [3.63, 3.8) is 0 Å². The zero-order valence-electron chi connectivity index (χ0n) is 8.42. The summed E-state index contributed by atoms with van der Waals surface area (Å²) in [6.07, 6.45) is 0. The Labute approximate surface area is 95.8 Å². The Bertz CT molecular complexity index is 689. The summed E-state index contributed by atoms with van der Waals surface area (Å²) in [5.74, 6) is -0.861. The lowest BCUT2D eigenvalue weighted by molar-refractivity contribution is 0.563. The molecule has 7 heteroatoms. The first-order valence-electron chi connectivity index (χ1n) is 4.57. The van der Waals surface area contributed by atoms with Gasteiger partial charge in [0.05, 0.1) is 0 Å². The lowest BCUT2D eigenvalue weighted by Gasteiger charge is -2.03. The fourth-order valence-electron chi connectivity index (χ4n) is 1.26. The minimum Gasteiger partial charge on any atom is -0.268 e. The second-order valence-corrected chi connectivity index (χ2v) is 5.06. The predicted molar refractivity (Wildman–Crippen MR) is 56.7 cm³/mol. The van der Waals surface area contributed by atoms with Gasteiger partial charge in [-0.3, -0.25) is 4.79 Å². The molecule has 0 amide bonds. The highest BCUT2D eigenvalue weighted by atomic mass is 32.2. The van der Waals surface area contributed by atoms with Gasteiger partial charge in [-0.15, -0.1) is 0 Å². The van der Waals surface area contributed by atoms with Crippen molar-refractivity contribution in [3.8, 4) is 0 Å². The third-order valence-corrected chi connectivity index (χ3v) is 3.74. The molecule has 0 fully saturated rings. The summed E-state index contributed by atoms with van der Waals surface area (Å²) in [6, 6.07) is 7.01. The molecule has 2 rings (SSSR count). The van der Waals surface area contributed by atoms with E-state index in [-0.39, 0.29) is 0 Å². The van der Waals surface area contributed by atoms with Crippen LogP contribution in [0.4, 0.5) is 4.39 Å². The van der Waals surface area contributed by atoms with Crippen LogP contribution >= 0.6 is 0 Å². The number of nitrogens with one attached hydrogen (secondary N) is 1. The molecule has 0 bridgehead atoms. The van der Waals surface area contributed by atoms with Crippen molar-refractivity contribution in [3.05, 3.63) is 52.6 Å². The zero-order valence-corrected chi connectivity index (χ0v) is 9.24. The van der Waals surface area contributed by atoms with E-state index in [1.165, 1.54) is 12.1 Å². The van der Waals surface area contributed by atoms with Gasteiger partial charge < -0.3 is 0 Å². The molecule has 0 unspecified atom stereocenters. The van der Waals surface area contributed by atoms with Gasteiger partial charge in [-0.05, 0) is 18.2 Å². The van der Waals surface area contributed by atoms with Gasteiger partial charge in [0.15, 0.2) is 5.03 Å². The number of sulfone groups is 1. The van der Waals surface area contributed by atoms with Crippen LogP contribution in [-0.2, 0) is 9.84 Å². The van der Waals surface area contributed by atoms with Crippen molar-refractivity contribution in [1.29, 1.82) is 0 Å². The number of hydrogen-bond donors (Lipinski definition) is 1. The van der Waals surface area contributed by atoms with E-state index < -0.39 is 31.1 Å². The molecule has 0 saturated heterocycles. The molecule has 88 valence electrons. The van der Waals surface area contributed by atoms with E-state index in [0.717, 1.165) is 24.3 Å². The number of aromatic nitrogens is 2. The van der Waals surface area contributed by atoms with Gasteiger partial charge in [-0.1, -0.05) is 12.1 Å². The van der Waals surface area contributed by atoms with Crippen LogP contribution in [0.25, 0.3) is 0 Å². The van der Waals surface area contributed by atoms with E-state index in [1.54, 1.807) is 0 Å². The maximum atomic E-state index is 13.4. The molecule has 2 aromatic rings. The van der Waals surface area contributed by atoms with Crippen molar-refractivity contribution < 1.29 is 12.8 Å². The van der Waals surface area contributed by atoms with Gasteiger partial charge in [0.2, 0.25) is 9.84 Å². The molecule has 1 N–H and O–H groups in total. The molecule has 1 aromatic heterocycles. The standard InChI is InChI=1S/C10H7FN2O3S/c11-7-3-1-2-4-8(7)17(15,16)10-6-5-9(14)12-13-10/h1-6H,(H,12,14). The molecule has 0 atom stereocenters. The zero-order chi connectivity index (χ0) is 12.5. The molecule has 1 heterocycles. The number of aromatic amines is 1. The molecule has 5 nitrogen and oxygen atoms in total. The monoisotopic (exact) mass is 254 g/mol. The number of benzene rings is 1. The molecular weight excluding hydrogens is 247 g/mol. The average Bonchev–Trinajstić information content (AvgIpc) is 2.30. The van der Waals surface area contributed by atoms with E-state index in [9.17, 15) is 17.6 Å². The summed E-state index contributed by atoms with van der Waals surface area (Å²) >= 11 is 0. The minimum atomic E-state index is -4.04. The average molecular weight is 254 g/mol. The van der Waals surface area contributed by atoms with Crippen LogP contribution < -0.4 is 5.56 Å². The third kappa shape index (κ3) is 2.09. The summed E-state index contributed by atoms with van der Waals surface area (Å²) in [7, 11) is -4.04. The molecule has 0 aliphatic heterocycles. The molecule has 0 spiro atoms. The normalized spacial score (nSPS) is 11.4. The van der Waals surface area contributed by atoms with Gasteiger partial charge in [-0.2, -0.15) is 5.10 Å². The van der Waals surface area contributed by atoms with Crippen molar-refractivity contribution in [2.24, 2.45) is 0 Å². The predicted octanol–water partition coefficient (Wildman–Crippen LogP) is 0.742. The van der Waals surface area contributed by atoms with Gasteiger partial charge in [0.1, 0.15) is 10.7 Å². The van der Waals surface area contributed by atoms with Gasteiger partial charge in [0, 0.05) is 6.07 Å². The number of hydrogen-bond acceptors (Lipinski definition) is 4. The van der Waals surface area contributed by atoms with Crippen LogP contribution in [0.5, 0.6) is 0 Å². The SMILES string of the molecule is O=c1ccc(S(=O)(=O)c2ccccc2F)n[nH]1. The molecule has 0 radical (unpaired) electrons. The lowest BCUT2D eigenvalue weighted by Crippen LogP contribution is -2.12. The highest BCUT2D eigenvalue weighted by molar-refractivity contribution is 7.91. The van der Waals surface area contributed by atoms with E-state index in [2.05, 4.69) is 5.10 Å². The van der Waals surface area contributed by atoms with Crippen LogP contribution in [0.3, 0.4) is 0 Å². The maximum Gasteiger partial charge on any atom is 0.264 e. The molecule has 1 aromatic carbocycles. The van der Waals surface area contributed by atoms with Crippen LogP contribution in [-0.4, -0.2) is 18.6 Å². The smallest absolute Gasteiger partial charge is 0.264 e. The first-order valence-corrected chi connectivity index (χ1v) is 6.05. The van der Waals surface area contributed by atoms with Crippen LogP contribution in [0.1, 0.15) is 0 Å². The Hall–Kier alpha value is -2.02. The topological polar surface area (TPSA) is 79.9 Å². The highest BCUT2D eigenvalue weighted by Gasteiger charge is 2.22. The van der Waals surface area contributed by atoms with E-state index in [1.807, 2.05) is 5.10 Å². The third-order valence-electron chi connectivity index (χ3n) is 2.06. The van der Waals surface area contributed by atoms with E-state index in [0.29, 0.717) is 0 Å². The Morgan fingerprint density at radius 1 is 1.12 bits per heavy atom. The second kappa shape index (κ2) is 4.10. The second-order valence-electron chi connectivity index (χ2n) is 3.19. The summed E-state index contributed by atoms with van der Waals surface area (Å²) in [5, 5.41) is 4.96. The van der Waals surface area contributed by atoms with Crippen LogP contribution in [0.15, 0.2) is 51.1 Å². The van der Waals surface area contributed by atoms with Crippen LogP contribution in [0.2, 0.25) is 0 Å². The minimum absolute atomic E-state index is 0.401. The van der Waals surface area contributed by atoms with Crippen LogP contribution in [0, 0.1) is 5.82 Å². The molecule has 0 saturated carbocycles. The maximum absolute atomic E-state index is 13.4. The fourth-order valence-corrected chi connectivity index (χ4v) is 2.48. The first-order chi connectivity index (χ1) is 8.01. The molecule has 17 heavy (non-hydrogen) atoms. The van der Waals surface area contributed by atoms with Crippen molar-refractivity contribution in [1.82, 2.24) is 10.2 Å². The molecular formula is C10H7FN2O3S. The van der Waals surface area contributed by atoms with Gasteiger partial charge in [-0.25, -0.2) is 17.9 Å². The van der Waals surface area contributed by atoms with Crippen molar-refractivity contribution in [2.75, 3.05) is 0 Å². The molecule has 0 aliphatic carbocycles. The van der Waals surface area contributed by atoms with Crippen molar-refractivity contribution >= 4 is 9.84 Å². The highest BCUT2D eigenvalue weighted by Crippen LogP contribution is 2.20. The van der Waals surface area contributed by atoms with Gasteiger partial charge >= 0.3 is 0 Å². The quantitative estimate of drug-likeness (QED) is 0.857. The largest absolute Gasteiger partial charge is 0.268 e. The number of rotatable bonds is 2. The molecule has 0 aliphatic rings. The summed E-state index contributed by atoms with van der Waals surface area (Å²) in [5.41, 5.74) is -0.530. The Kier molecular flexibility index (Phi) is 2.76. The Morgan fingerprint density at radius 3 is 2.41 bits per heavy atom. The van der Waals surface area contributed by atoms with Gasteiger partial charge in [0.25, 0.3) is 5.56 Å². The lowest BCUT2D eigenvalue weighted by atomic mass is 10.3. The summed E-state index contributed by atoms with van der Waals surface area (Å²) < 4.78 is 37.3. The first kappa shape index (κ1) is 11.5. The Balaban J connectivity index is 2.62. The van der Waals surface area contributed by atoms with Crippen molar-refractivity contribution in [2.45, 2.75) is 9.92 Å².